The van der Waals surface area contributed by atoms with Gasteiger partial charge in [-0.05, 0) is 25.3 Å². The zero-order valence-corrected chi connectivity index (χ0v) is 15.5. The first-order chi connectivity index (χ1) is 12.1. The molecule has 0 spiro atoms. The second kappa shape index (κ2) is 13.1. The molecule has 0 saturated carbocycles. The molecule has 0 bridgehead atoms. The maximum Gasteiger partial charge on any atom is 0.329 e. The summed E-state index contributed by atoms with van der Waals surface area (Å²) >= 11 is 0. The zero-order chi connectivity index (χ0) is 18.5. The van der Waals surface area contributed by atoms with Crippen molar-refractivity contribution in [3.05, 3.63) is 12.2 Å². The van der Waals surface area contributed by atoms with Crippen LogP contribution in [0.4, 0.5) is 0 Å². The predicted octanol–water partition coefficient (Wildman–Crippen LogP) is 3.74. The van der Waals surface area contributed by atoms with E-state index in [1.165, 1.54) is 25.7 Å². The average molecular weight is 354 g/mol. The van der Waals surface area contributed by atoms with Crippen LogP contribution in [0.3, 0.4) is 0 Å². The Bertz CT molecular complexity index is 418. The van der Waals surface area contributed by atoms with Gasteiger partial charge < -0.3 is 14.9 Å². The fraction of sp³-hybridized carbons (Fsp3) is 0.800. The van der Waals surface area contributed by atoms with Crippen LogP contribution in [-0.2, 0) is 14.3 Å². The third-order valence-corrected chi connectivity index (χ3v) is 4.89. The third kappa shape index (κ3) is 9.17. The summed E-state index contributed by atoms with van der Waals surface area (Å²) in [5.41, 5.74) is 0. The van der Waals surface area contributed by atoms with Gasteiger partial charge in [0, 0.05) is 18.4 Å². The fourth-order valence-electron chi connectivity index (χ4n) is 3.44. The summed E-state index contributed by atoms with van der Waals surface area (Å²) in [5.74, 6) is -1.05. The highest BCUT2D eigenvalue weighted by atomic mass is 16.5. The SMILES string of the molecule is CCCCCCCCC(O)[C@H]1C=CC(=O)[C@@H]1CCCCOCC(=O)O. The number of carboxylic acid groups (broad SMARTS) is 1. The molecule has 5 heteroatoms. The molecule has 0 aromatic carbocycles. The number of aliphatic hydroxyl groups excluding tert-OH is 1. The van der Waals surface area contributed by atoms with E-state index in [4.69, 9.17) is 9.84 Å². The molecule has 0 fully saturated rings. The number of allylic oxidation sites excluding steroid dienone is 1. The van der Waals surface area contributed by atoms with Gasteiger partial charge in [-0.15, -0.1) is 0 Å². The lowest BCUT2D eigenvalue weighted by Crippen LogP contribution is -2.27. The number of ether oxygens (including phenoxy) is 1. The molecule has 0 aromatic heterocycles. The van der Waals surface area contributed by atoms with Crippen molar-refractivity contribution in [1.82, 2.24) is 0 Å². The summed E-state index contributed by atoms with van der Waals surface area (Å²) in [5, 5.41) is 18.9. The zero-order valence-electron chi connectivity index (χ0n) is 15.5. The van der Waals surface area contributed by atoms with Crippen LogP contribution in [0.1, 0.15) is 71.1 Å². The third-order valence-electron chi connectivity index (χ3n) is 4.89. The van der Waals surface area contributed by atoms with Crippen LogP contribution in [0.5, 0.6) is 0 Å². The molecule has 25 heavy (non-hydrogen) atoms. The van der Waals surface area contributed by atoms with Crippen LogP contribution in [0, 0.1) is 11.8 Å². The summed E-state index contributed by atoms with van der Waals surface area (Å²) < 4.78 is 5.00. The molecule has 5 nitrogen and oxygen atoms in total. The standard InChI is InChI=1S/C20H34O5/c1-2-3-4-5-6-7-11-18(21)17-12-13-19(22)16(17)10-8-9-14-25-15-20(23)24/h12-13,16-18,21H,2-11,14-15H2,1H3,(H,23,24)/t16-,17+,18?/m1/s1. The summed E-state index contributed by atoms with van der Waals surface area (Å²) in [6, 6.07) is 0. The second-order valence-corrected chi connectivity index (χ2v) is 7.01. The molecule has 0 amide bonds. The fourth-order valence-corrected chi connectivity index (χ4v) is 3.44. The molecular weight excluding hydrogens is 320 g/mol. The minimum absolute atomic E-state index is 0.0666. The molecule has 0 heterocycles. The molecular formula is C20H34O5. The van der Waals surface area contributed by atoms with Gasteiger partial charge in [0.2, 0.25) is 0 Å². The van der Waals surface area contributed by atoms with Crippen LogP contribution in [-0.4, -0.2) is 41.3 Å². The van der Waals surface area contributed by atoms with E-state index in [1.807, 2.05) is 6.08 Å². The Morgan fingerprint density at radius 2 is 1.88 bits per heavy atom. The van der Waals surface area contributed by atoms with Crippen molar-refractivity contribution < 1.29 is 24.5 Å². The lowest BCUT2D eigenvalue weighted by Gasteiger charge is -2.23. The van der Waals surface area contributed by atoms with Gasteiger partial charge in [0.25, 0.3) is 0 Å². The number of unbranched alkanes of at least 4 members (excludes halogenated alkanes) is 6. The summed E-state index contributed by atoms with van der Waals surface area (Å²) in [4.78, 5) is 22.4. The molecule has 0 aliphatic heterocycles. The van der Waals surface area contributed by atoms with Crippen LogP contribution < -0.4 is 0 Å². The van der Waals surface area contributed by atoms with Crippen molar-refractivity contribution in [2.24, 2.45) is 11.8 Å². The average Bonchev–Trinajstić information content (AvgIpc) is 2.94. The molecule has 1 rings (SSSR count). The highest BCUT2D eigenvalue weighted by molar-refractivity contribution is 5.94. The Morgan fingerprint density at radius 1 is 1.16 bits per heavy atom. The van der Waals surface area contributed by atoms with E-state index in [1.54, 1.807) is 6.08 Å². The maximum atomic E-state index is 12.0. The topological polar surface area (TPSA) is 83.8 Å². The number of carbonyl (C=O) groups is 2. The van der Waals surface area contributed by atoms with Crippen molar-refractivity contribution in [2.75, 3.05) is 13.2 Å². The lowest BCUT2D eigenvalue weighted by molar-refractivity contribution is -0.142. The van der Waals surface area contributed by atoms with Crippen LogP contribution in [0.25, 0.3) is 0 Å². The molecule has 2 N–H and O–H groups in total. The van der Waals surface area contributed by atoms with Crippen molar-refractivity contribution in [2.45, 2.75) is 77.2 Å². The smallest absolute Gasteiger partial charge is 0.329 e. The van der Waals surface area contributed by atoms with E-state index in [0.29, 0.717) is 6.61 Å². The van der Waals surface area contributed by atoms with Gasteiger partial charge in [-0.1, -0.05) is 57.9 Å². The number of carbonyl (C=O) groups excluding carboxylic acids is 1. The molecule has 3 atom stereocenters. The van der Waals surface area contributed by atoms with E-state index >= 15 is 0 Å². The lowest BCUT2D eigenvalue weighted by atomic mass is 9.84. The maximum absolute atomic E-state index is 12.0. The van der Waals surface area contributed by atoms with Crippen LogP contribution in [0.15, 0.2) is 12.2 Å². The van der Waals surface area contributed by atoms with Gasteiger partial charge in [-0.25, -0.2) is 4.79 Å². The number of carboxylic acids is 1. The Hall–Kier alpha value is -1.20. The highest BCUT2D eigenvalue weighted by Gasteiger charge is 2.33. The van der Waals surface area contributed by atoms with Gasteiger partial charge in [-0.2, -0.15) is 0 Å². The van der Waals surface area contributed by atoms with Crippen LogP contribution in [0.2, 0.25) is 0 Å². The second-order valence-electron chi connectivity index (χ2n) is 7.01. The van der Waals surface area contributed by atoms with Crippen molar-refractivity contribution in [3.8, 4) is 0 Å². The summed E-state index contributed by atoms with van der Waals surface area (Å²) in [7, 11) is 0. The molecule has 144 valence electrons. The Morgan fingerprint density at radius 3 is 2.60 bits per heavy atom. The van der Waals surface area contributed by atoms with E-state index < -0.39 is 12.1 Å². The van der Waals surface area contributed by atoms with Crippen molar-refractivity contribution in [1.29, 1.82) is 0 Å². The normalized spacial score (nSPS) is 21.0. The number of rotatable bonds is 15. The number of ketones is 1. The molecule has 0 saturated heterocycles. The minimum atomic E-state index is -0.965. The largest absolute Gasteiger partial charge is 0.480 e. The van der Waals surface area contributed by atoms with Gasteiger partial charge in [-0.3, -0.25) is 4.79 Å². The summed E-state index contributed by atoms with van der Waals surface area (Å²) in [6.07, 6.45) is 13.2. The Labute approximate surface area is 151 Å². The Kier molecular flexibility index (Phi) is 11.4. The number of aliphatic hydroxyl groups is 1. The molecule has 1 aliphatic rings. The van der Waals surface area contributed by atoms with E-state index in [-0.39, 0.29) is 24.2 Å². The molecule has 0 aromatic rings. The minimum Gasteiger partial charge on any atom is -0.480 e. The van der Waals surface area contributed by atoms with Gasteiger partial charge in [0.05, 0.1) is 6.10 Å². The van der Waals surface area contributed by atoms with Gasteiger partial charge in [0.1, 0.15) is 6.61 Å². The quantitative estimate of drug-likeness (QED) is 0.438. The number of hydrogen-bond donors (Lipinski definition) is 2. The van der Waals surface area contributed by atoms with Crippen molar-refractivity contribution >= 4 is 11.8 Å². The van der Waals surface area contributed by atoms with E-state index in [9.17, 15) is 14.7 Å². The van der Waals surface area contributed by atoms with Gasteiger partial charge in [0.15, 0.2) is 5.78 Å². The van der Waals surface area contributed by atoms with E-state index in [2.05, 4.69) is 6.92 Å². The number of hydrogen-bond acceptors (Lipinski definition) is 4. The highest BCUT2D eigenvalue weighted by Crippen LogP contribution is 2.31. The first-order valence-electron chi connectivity index (χ1n) is 9.76. The van der Waals surface area contributed by atoms with E-state index in [0.717, 1.165) is 38.5 Å². The monoisotopic (exact) mass is 354 g/mol. The number of aliphatic carboxylic acids is 1. The first kappa shape index (κ1) is 21.8. The molecule has 0 radical (unpaired) electrons. The van der Waals surface area contributed by atoms with Crippen molar-refractivity contribution in [3.63, 3.8) is 0 Å². The van der Waals surface area contributed by atoms with Crippen LogP contribution >= 0.6 is 0 Å². The molecule has 1 unspecified atom stereocenters. The predicted molar refractivity (Wildman–Crippen MR) is 97.4 cm³/mol. The first-order valence-corrected chi connectivity index (χ1v) is 9.76. The Balaban J connectivity index is 2.21. The summed E-state index contributed by atoms with van der Waals surface area (Å²) in [6.45, 7) is 2.32. The van der Waals surface area contributed by atoms with Gasteiger partial charge >= 0.3 is 5.97 Å². The molecule has 1 aliphatic carbocycles.